The van der Waals surface area contributed by atoms with Gasteiger partial charge < -0.3 is 0 Å². The standard InChI is InChI=1S/CH4O2.Ba/c1-3-2;/h2H,1H3;. The maximum atomic E-state index is 7.07. The van der Waals surface area contributed by atoms with Gasteiger partial charge in [-0.05, 0) is 0 Å². The molecule has 22 valence electrons. The van der Waals surface area contributed by atoms with Gasteiger partial charge in [0.2, 0.25) is 0 Å². The molecule has 0 saturated carbocycles. The van der Waals surface area contributed by atoms with E-state index in [1.54, 1.807) is 0 Å². The summed E-state index contributed by atoms with van der Waals surface area (Å²) < 4.78 is 0. The van der Waals surface area contributed by atoms with Gasteiger partial charge in [0.05, 0.1) is 7.11 Å². The van der Waals surface area contributed by atoms with Gasteiger partial charge in [-0.15, -0.1) is 0 Å². The molecule has 1 N–H and O–H groups in total. The molecule has 0 aliphatic carbocycles. The SMILES string of the molecule is COO.[Ba]. The molecule has 0 heterocycles. The van der Waals surface area contributed by atoms with Crippen LogP contribution < -0.4 is 0 Å². The quantitative estimate of drug-likeness (QED) is 0.320. The van der Waals surface area contributed by atoms with Crippen molar-refractivity contribution in [3.63, 3.8) is 0 Å². The van der Waals surface area contributed by atoms with Gasteiger partial charge in [-0.2, -0.15) is 0 Å². The van der Waals surface area contributed by atoms with Crippen molar-refractivity contribution in [3.8, 4) is 0 Å². The van der Waals surface area contributed by atoms with Crippen LogP contribution in [0.5, 0.6) is 0 Å². The third kappa shape index (κ3) is 9.74. The van der Waals surface area contributed by atoms with E-state index in [4.69, 9.17) is 5.26 Å². The Bertz CT molecular complexity index is 6.00. The van der Waals surface area contributed by atoms with Crippen molar-refractivity contribution in [2.24, 2.45) is 0 Å². The molecule has 0 aromatic heterocycles. The summed E-state index contributed by atoms with van der Waals surface area (Å²) in [4.78, 5) is 3.25. The second-order valence-corrected chi connectivity index (χ2v) is 0.183. The van der Waals surface area contributed by atoms with Crippen molar-refractivity contribution in [3.05, 3.63) is 0 Å². The van der Waals surface area contributed by atoms with E-state index in [1.807, 2.05) is 0 Å². The predicted molar refractivity (Wildman–Crippen MR) is 15.4 cm³/mol. The smallest absolute Gasteiger partial charge is 0.0710 e. The van der Waals surface area contributed by atoms with Crippen LogP contribution in [0.3, 0.4) is 0 Å². The van der Waals surface area contributed by atoms with E-state index in [1.165, 1.54) is 7.11 Å². The molecule has 4 heavy (non-hydrogen) atoms. The number of rotatable bonds is 0. The normalized spacial score (nSPS) is 4.50. The van der Waals surface area contributed by atoms with E-state index in [0.717, 1.165) is 0 Å². The van der Waals surface area contributed by atoms with Crippen LogP contribution in [0.4, 0.5) is 0 Å². The Morgan fingerprint density at radius 3 is 1.75 bits per heavy atom. The summed E-state index contributed by atoms with van der Waals surface area (Å²) in [5.41, 5.74) is 0. The molecule has 0 aliphatic heterocycles. The Kier molecular flexibility index (Phi) is 20.0. The molecule has 0 aromatic carbocycles. The van der Waals surface area contributed by atoms with Crippen molar-refractivity contribution >= 4 is 48.9 Å². The minimum atomic E-state index is 0. The zero-order valence-electron chi connectivity index (χ0n) is 2.56. The molecule has 0 aromatic rings. The first-order chi connectivity index (χ1) is 1.41. The molecule has 0 atom stereocenters. The van der Waals surface area contributed by atoms with Crippen LogP contribution in [0.2, 0.25) is 0 Å². The molecule has 0 aliphatic rings. The number of hydrogen-bond acceptors (Lipinski definition) is 2. The maximum absolute atomic E-state index is 7.07. The van der Waals surface area contributed by atoms with E-state index < -0.39 is 0 Å². The van der Waals surface area contributed by atoms with Crippen LogP contribution in [0.1, 0.15) is 0 Å². The third-order valence-electron chi connectivity index (χ3n) is 0. The van der Waals surface area contributed by atoms with Gasteiger partial charge in [0.1, 0.15) is 0 Å². The largest absolute Gasteiger partial charge is 0.252 e. The Labute approximate surface area is 65.2 Å². The average Bonchev–Trinajstić information content (AvgIpc) is 0.918. The first-order valence-corrected chi connectivity index (χ1v) is 0.591. The molecule has 3 heteroatoms. The molecule has 0 unspecified atom stereocenters. The summed E-state index contributed by atoms with van der Waals surface area (Å²) in [6.45, 7) is 0. The van der Waals surface area contributed by atoms with Crippen molar-refractivity contribution in [2.45, 2.75) is 0 Å². The van der Waals surface area contributed by atoms with Crippen LogP contribution in [0, 0.1) is 0 Å². The fourth-order valence-electron chi connectivity index (χ4n) is 0. The van der Waals surface area contributed by atoms with E-state index >= 15 is 0 Å². The van der Waals surface area contributed by atoms with Crippen LogP contribution >= 0.6 is 0 Å². The fraction of sp³-hybridized carbons (Fsp3) is 1.00. The molecule has 0 rings (SSSR count). The van der Waals surface area contributed by atoms with Crippen LogP contribution in [-0.2, 0) is 4.89 Å². The summed E-state index contributed by atoms with van der Waals surface area (Å²) in [5, 5.41) is 7.07. The Morgan fingerprint density at radius 1 is 1.75 bits per heavy atom. The molecule has 0 saturated heterocycles. The molecule has 0 fully saturated rings. The van der Waals surface area contributed by atoms with Crippen molar-refractivity contribution < 1.29 is 10.1 Å². The maximum Gasteiger partial charge on any atom is 0.0710 e. The van der Waals surface area contributed by atoms with E-state index in [9.17, 15) is 0 Å². The Hall–Kier alpha value is 1.49. The zero-order chi connectivity index (χ0) is 2.71. The van der Waals surface area contributed by atoms with E-state index in [0.29, 0.717) is 0 Å². The van der Waals surface area contributed by atoms with Gasteiger partial charge in [-0.1, -0.05) is 0 Å². The monoisotopic (exact) mass is 186 g/mol. The van der Waals surface area contributed by atoms with Gasteiger partial charge in [0, 0.05) is 48.9 Å². The molecule has 2 nitrogen and oxygen atoms in total. The van der Waals surface area contributed by atoms with Crippen LogP contribution in [0.15, 0.2) is 0 Å². The van der Waals surface area contributed by atoms with Gasteiger partial charge in [0.15, 0.2) is 0 Å². The van der Waals surface area contributed by atoms with Crippen LogP contribution in [0.25, 0.3) is 0 Å². The molecule has 0 amide bonds. The summed E-state index contributed by atoms with van der Waals surface area (Å²) >= 11 is 0. The molecule has 0 spiro atoms. The van der Waals surface area contributed by atoms with E-state index in [2.05, 4.69) is 4.89 Å². The van der Waals surface area contributed by atoms with E-state index in [-0.39, 0.29) is 48.9 Å². The van der Waals surface area contributed by atoms with Gasteiger partial charge >= 0.3 is 0 Å². The molecular formula is CH4BaO2. The molecular weight excluding hydrogens is 181 g/mol. The van der Waals surface area contributed by atoms with Crippen molar-refractivity contribution in [2.75, 3.05) is 7.11 Å². The minimum absolute atomic E-state index is 0. The Balaban J connectivity index is 0. The minimum Gasteiger partial charge on any atom is -0.252 e. The third-order valence-corrected chi connectivity index (χ3v) is 0. The van der Waals surface area contributed by atoms with Gasteiger partial charge in [0.25, 0.3) is 0 Å². The topological polar surface area (TPSA) is 29.5 Å². The average molecular weight is 185 g/mol. The first-order valence-electron chi connectivity index (χ1n) is 0.591. The van der Waals surface area contributed by atoms with Crippen molar-refractivity contribution in [1.29, 1.82) is 0 Å². The first kappa shape index (κ1) is 9.09. The number of hydrogen-bond donors (Lipinski definition) is 1. The Morgan fingerprint density at radius 2 is 1.75 bits per heavy atom. The second-order valence-electron chi connectivity index (χ2n) is 0.183. The van der Waals surface area contributed by atoms with Gasteiger partial charge in [-0.3, -0.25) is 5.26 Å². The zero-order valence-corrected chi connectivity index (χ0v) is 7.00. The summed E-state index contributed by atoms with van der Waals surface area (Å²) in [7, 11) is 1.18. The predicted octanol–water partition coefficient (Wildman–Crippen LogP) is -0.275. The second kappa shape index (κ2) is 8.82. The summed E-state index contributed by atoms with van der Waals surface area (Å²) in [5.74, 6) is 0. The molecule has 0 bridgehead atoms. The summed E-state index contributed by atoms with van der Waals surface area (Å²) in [6.07, 6.45) is 0. The summed E-state index contributed by atoms with van der Waals surface area (Å²) in [6, 6.07) is 0. The fourth-order valence-corrected chi connectivity index (χ4v) is 0. The molecule has 2 radical (unpaired) electrons. The van der Waals surface area contributed by atoms with Crippen LogP contribution in [-0.4, -0.2) is 61.2 Å². The van der Waals surface area contributed by atoms with Gasteiger partial charge in [-0.25, -0.2) is 4.89 Å². The van der Waals surface area contributed by atoms with Crippen molar-refractivity contribution in [1.82, 2.24) is 0 Å².